The first-order valence-electron chi connectivity index (χ1n) is 14.6. The highest BCUT2D eigenvalue weighted by molar-refractivity contribution is 5.98. The van der Waals surface area contributed by atoms with Crippen molar-refractivity contribution in [2.75, 3.05) is 37.4 Å². The summed E-state index contributed by atoms with van der Waals surface area (Å²) in [5.74, 6) is 3.08. The molecule has 3 aromatic heterocycles. The predicted octanol–water partition coefficient (Wildman–Crippen LogP) is 5.36. The number of piperidine rings is 1. The fourth-order valence-electron chi connectivity index (χ4n) is 6.82. The summed E-state index contributed by atoms with van der Waals surface area (Å²) in [5.41, 5.74) is 2.61. The van der Waals surface area contributed by atoms with Gasteiger partial charge >= 0.3 is 0 Å². The van der Waals surface area contributed by atoms with E-state index in [-0.39, 0.29) is 11.9 Å². The van der Waals surface area contributed by atoms with Crippen LogP contribution in [0.15, 0.2) is 30.6 Å². The summed E-state index contributed by atoms with van der Waals surface area (Å²) in [7, 11) is 3.57. The fraction of sp³-hybridized carbons (Fsp3) is 0.567. The van der Waals surface area contributed by atoms with Crippen LogP contribution in [-0.2, 0) is 4.79 Å². The number of nitrogens with zero attached hydrogens (tertiary/aromatic N) is 6. The van der Waals surface area contributed by atoms with Crippen molar-refractivity contribution in [1.29, 1.82) is 0 Å². The third-order valence-corrected chi connectivity index (χ3v) is 9.04. The molecule has 206 valence electrons. The maximum atomic E-state index is 13.0. The first-order valence-corrected chi connectivity index (χ1v) is 14.6. The van der Waals surface area contributed by atoms with Crippen LogP contribution in [0.4, 0.5) is 17.5 Å². The number of nitrogens with one attached hydrogen (secondary N) is 1. The van der Waals surface area contributed by atoms with Crippen LogP contribution in [0.5, 0.6) is 0 Å². The van der Waals surface area contributed by atoms with E-state index in [2.05, 4.69) is 30.8 Å². The van der Waals surface area contributed by atoms with Gasteiger partial charge in [-0.15, -0.1) is 0 Å². The highest BCUT2D eigenvalue weighted by Crippen LogP contribution is 2.37. The highest BCUT2D eigenvalue weighted by atomic mass is 16.2. The Kier molecular flexibility index (Phi) is 7.23. The van der Waals surface area contributed by atoms with Crippen LogP contribution in [0.25, 0.3) is 11.0 Å². The van der Waals surface area contributed by atoms with Crippen LogP contribution < -0.4 is 10.2 Å². The van der Waals surface area contributed by atoms with Gasteiger partial charge < -0.3 is 19.7 Å². The van der Waals surface area contributed by atoms with Gasteiger partial charge in [-0.3, -0.25) is 9.59 Å². The molecule has 6 rings (SSSR count). The second kappa shape index (κ2) is 10.9. The molecule has 9 heteroatoms. The number of carbonyl (C=O) groups is 2. The molecular weight excluding hydrogens is 490 g/mol. The van der Waals surface area contributed by atoms with Gasteiger partial charge in [0, 0.05) is 57.7 Å². The van der Waals surface area contributed by atoms with Crippen LogP contribution in [0, 0.1) is 11.8 Å². The SMILES string of the molecule is CN(C)C(=O)c1cc2cnc(Nc3ccc(N4CCC(C5CCC(=O)CC5)CC4)cn3)nc2n1C1CCCC1. The van der Waals surface area contributed by atoms with Crippen molar-refractivity contribution in [3.05, 3.63) is 36.3 Å². The number of rotatable bonds is 6. The first-order chi connectivity index (χ1) is 19.0. The van der Waals surface area contributed by atoms with E-state index < -0.39 is 0 Å². The van der Waals surface area contributed by atoms with Gasteiger partial charge in [0.25, 0.3) is 5.91 Å². The summed E-state index contributed by atoms with van der Waals surface area (Å²) in [5, 5.41) is 4.15. The number of carbonyl (C=O) groups excluding carboxylic acids is 2. The minimum atomic E-state index is -0.00968. The summed E-state index contributed by atoms with van der Waals surface area (Å²) in [6, 6.07) is 6.30. The van der Waals surface area contributed by atoms with Crippen LogP contribution in [-0.4, -0.2) is 63.3 Å². The molecule has 1 aliphatic heterocycles. The molecule has 3 aromatic rings. The number of hydrogen-bond acceptors (Lipinski definition) is 7. The van der Waals surface area contributed by atoms with Crippen LogP contribution in [0.3, 0.4) is 0 Å². The van der Waals surface area contributed by atoms with Crippen molar-refractivity contribution < 1.29 is 9.59 Å². The molecule has 0 unspecified atom stereocenters. The number of hydrogen-bond donors (Lipinski definition) is 1. The van der Waals surface area contributed by atoms with Gasteiger partial charge in [-0.05, 0) is 68.6 Å². The Morgan fingerprint density at radius 3 is 2.33 bits per heavy atom. The molecule has 3 fully saturated rings. The fourth-order valence-corrected chi connectivity index (χ4v) is 6.82. The van der Waals surface area contributed by atoms with Gasteiger partial charge in [0.1, 0.15) is 22.9 Å². The quantitative estimate of drug-likeness (QED) is 0.459. The minimum Gasteiger partial charge on any atom is -0.370 e. The molecule has 9 nitrogen and oxygen atoms in total. The van der Waals surface area contributed by atoms with Crippen LogP contribution in [0.2, 0.25) is 0 Å². The molecule has 2 saturated carbocycles. The average Bonchev–Trinajstić information content (AvgIpc) is 3.61. The van der Waals surface area contributed by atoms with E-state index in [0.717, 1.165) is 80.2 Å². The van der Waals surface area contributed by atoms with E-state index in [9.17, 15) is 9.59 Å². The Balaban J connectivity index is 1.14. The summed E-state index contributed by atoms with van der Waals surface area (Å²) < 4.78 is 2.13. The molecule has 4 heterocycles. The lowest BCUT2D eigenvalue weighted by Crippen LogP contribution is -2.37. The van der Waals surface area contributed by atoms with E-state index in [1.807, 2.05) is 18.3 Å². The van der Waals surface area contributed by atoms with Gasteiger partial charge in [-0.2, -0.15) is 4.98 Å². The van der Waals surface area contributed by atoms with E-state index in [0.29, 0.717) is 23.2 Å². The Hall–Kier alpha value is -3.49. The summed E-state index contributed by atoms with van der Waals surface area (Å²) >= 11 is 0. The van der Waals surface area contributed by atoms with Gasteiger partial charge in [-0.1, -0.05) is 12.8 Å². The average molecular weight is 530 g/mol. The molecule has 2 aliphatic carbocycles. The summed E-state index contributed by atoms with van der Waals surface area (Å²) in [6.07, 6.45) is 14.3. The standard InChI is InChI=1S/C30H39N7O2/c1-35(2)29(39)26-17-22-18-32-30(34-28(22)37(26)23-5-3-4-6-23)33-27-12-9-24(19-31-27)36-15-13-21(14-16-36)20-7-10-25(38)11-8-20/h9,12,17-21,23H,3-8,10-11,13-16H2,1-2H3,(H,31,32,33,34). The summed E-state index contributed by atoms with van der Waals surface area (Å²) in [6.45, 7) is 2.07. The van der Waals surface area contributed by atoms with Gasteiger partial charge in [0.15, 0.2) is 0 Å². The molecule has 1 saturated heterocycles. The van der Waals surface area contributed by atoms with Crippen molar-refractivity contribution in [2.24, 2.45) is 11.8 Å². The van der Waals surface area contributed by atoms with Crippen molar-refractivity contribution >= 4 is 40.2 Å². The van der Waals surface area contributed by atoms with Crippen molar-refractivity contribution in [3.8, 4) is 0 Å². The zero-order chi connectivity index (χ0) is 26.9. The van der Waals surface area contributed by atoms with Crippen LogP contribution in [0.1, 0.15) is 80.7 Å². The lowest BCUT2D eigenvalue weighted by Gasteiger charge is -2.38. The Morgan fingerprint density at radius 2 is 1.67 bits per heavy atom. The molecule has 0 bridgehead atoms. The summed E-state index contributed by atoms with van der Waals surface area (Å²) in [4.78, 5) is 42.6. The molecular formula is C30H39N7O2. The molecule has 0 aromatic carbocycles. The van der Waals surface area contributed by atoms with Crippen molar-refractivity contribution in [2.45, 2.75) is 70.3 Å². The first kappa shape index (κ1) is 25.8. The highest BCUT2D eigenvalue weighted by Gasteiger charge is 2.30. The third-order valence-electron chi connectivity index (χ3n) is 9.04. The van der Waals surface area contributed by atoms with Crippen molar-refractivity contribution in [1.82, 2.24) is 24.4 Å². The van der Waals surface area contributed by atoms with Crippen LogP contribution >= 0.6 is 0 Å². The lowest BCUT2D eigenvalue weighted by molar-refractivity contribution is -0.121. The Labute approximate surface area is 230 Å². The molecule has 1 N–H and O–H groups in total. The zero-order valence-corrected chi connectivity index (χ0v) is 23.1. The maximum Gasteiger partial charge on any atom is 0.270 e. The predicted molar refractivity (Wildman–Crippen MR) is 152 cm³/mol. The lowest BCUT2D eigenvalue weighted by atomic mass is 9.75. The van der Waals surface area contributed by atoms with E-state index in [1.54, 1.807) is 25.2 Å². The molecule has 0 atom stereocenters. The number of aromatic nitrogens is 4. The molecule has 3 aliphatic rings. The third kappa shape index (κ3) is 5.36. The topological polar surface area (TPSA) is 96.2 Å². The number of Topliss-reactive ketones (excluding diaryl/α,β-unsaturated/α-hetero) is 1. The second-order valence-electron chi connectivity index (χ2n) is 11.7. The Morgan fingerprint density at radius 1 is 0.949 bits per heavy atom. The van der Waals surface area contributed by atoms with E-state index in [4.69, 9.17) is 4.98 Å². The van der Waals surface area contributed by atoms with Crippen molar-refractivity contribution in [3.63, 3.8) is 0 Å². The molecule has 39 heavy (non-hydrogen) atoms. The maximum absolute atomic E-state index is 13.0. The number of anilines is 3. The van der Waals surface area contributed by atoms with Gasteiger partial charge in [0.2, 0.25) is 5.95 Å². The van der Waals surface area contributed by atoms with E-state index in [1.165, 1.54) is 25.7 Å². The Bertz CT molecular complexity index is 1330. The minimum absolute atomic E-state index is 0.00968. The molecule has 1 amide bonds. The largest absolute Gasteiger partial charge is 0.370 e. The smallest absolute Gasteiger partial charge is 0.270 e. The monoisotopic (exact) mass is 529 g/mol. The number of fused-ring (bicyclic) bond motifs is 1. The van der Waals surface area contributed by atoms with E-state index >= 15 is 0 Å². The number of ketones is 1. The number of amides is 1. The molecule has 0 radical (unpaired) electrons. The second-order valence-corrected chi connectivity index (χ2v) is 11.7. The normalized spacial score (nSPS) is 19.6. The number of pyridine rings is 1. The molecule has 0 spiro atoms. The van der Waals surface area contributed by atoms with Gasteiger partial charge in [0.05, 0.1) is 11.9 Å². The zero-order valence-electron chi connectivity index (χ0n) is 23.1. The van der Waals surface area contributed by atoms with Gasteiger partial charge in [-0.25, -0.2) is 9.97 Å².